The van der Waals surface area contributed by atoms with Gasteiger partial charge in [0.25, 0.3) is 0 Å². The van der Waals surface area contributed by atoms with Crippen molar-refractivity contribution in [2.24, 2.45) is 0 Å². The molecule has 132 valence electrons. The molecular weight excluding hydrogens is 328 g/mol. The van der Waals surface area contributed by atoms with Crippen molar-refractivity contribution in [2.45, 2.75) is 19.3 Å². The maximum Gasteiger partial charge on any atom is 0.244 e. The van der Waals surface area contributed by atoms with Crippen LogP contribution in [0.15, 0.2) is 48.5 Å². The topological polar surface area (TPSA) is 78.1 Å². The van der Waals surface area contributed by atoms with E-state index < -0.39 is 0 Å². The molecule has 0 saturated carbocycles. The molecule has 1 aliphatic rings. The summed E-state index contributed by atoms with van der Waals surface area (Å²) in [6.45, 7) is 0.741. The zero-order valence-corrected chi connectivity index (χ0v) is 14.4. The van der Waals surface area contributed by atoms with Gasteiger partial charge in [0.2, 0.25) is 11.8 Å². The van der Waals surface area contributed by atoms with Gasteiger partial charge in [-0.3, -0.25) is 9.59 Å². The number of rotatable bonds is 4. The highest BCUT2D eigenvalue weighted by molar-refractivity contribution is 5.98. The van der Waals surface area contributed by atoms with E-state index in [2.05, 4.69) is 15.3 Å². The van der Waals surface area contributed by atoms with E-state index in [1.165, 1.54) is 0 Å². The average molecular weight is 348 g/mol. The van der Waals surface area contributed by atoms with Crippen molar-refractivity contribution in [1.29, 1.82) is 0 Å². The molecule has 26 heavy (non-hydrogen) atoms. The normalized spacial score (nSPS) is 14.6. The molecule has 1 aromatic heterocycles. The first-order valence-electron chi connectivity index (χ1n) is 8.82. The van der Waals surface area contributed by atoms with Crippen LogP contribution in [-0.2, 0) is 9.59 Å². The molecule has 6 heteroatoms. The van der Waals surface area contributed by atoms with E-state index in [-0.39, 0.29) is 18.4 Å². The molecule has 0 unspecified atom stereocenters. The summed E-state index contributed by atoms with van der Waals surface area (Å²) in [7, 11) is 0. The maximum absolute atomic E-state index is 12.4. The Hall–Kier alpha value is -3.15. The fourth-order valence-corrected chi connectivity index (χ4v) is 3.27. The van der Waals surface area contributed by atoms with Crippen molar-refractivity contribution in [3.05, 3.63) is 48.5 Å². The Balaban J connectivity index is 1.55. The maximum atomic E-state index is 12.4. The zero-order valence-electron chi connectivity index (χ0n) is 14.4. The number of hydrogen-bond donors (Lipinski definition) is 2. The molecule has 0 spiro atoms. The highest BCUT2D eigenvalue weighted by atomic mass is 16.2. The van der Waals surface area contributed by atoms with E-state index in [0.717, 1.165) is 29.4 Å². The van der Waals surface area contributed by atoms with Gasteiger partial charge in [0.05, 0.1) is 23.3 Å². The van der Waals surface area contributed by atoms with Gasteiger partial charge in [-0.25, -0.2) is 4.98 Å². The second kappa shape index (κ2) is 7.00. The Kier molecular flexibility index (Phi) is 4.39. The lowest BCUT2D eigenvalue weighted by Gasteiger charge is -2.26. The molecular formula is C20H20N4O2. The van der Waals surface area contributed by atoms with Crippen LogP contribution in [0.25, 0.3) is 22.4 Å². The SMILES string of the molecule is O=C(CN1CCCCC1=O)Nc1ccccc1-c1nc2ccccc2[nH]1. The number of likely N-dealkylation sites (tertiary alicyclic amines) is 1. The molecule has 0 bridgehead atoms. The van der Waals surface area contributed by atoms with Crippen LogP contribution in [0.5, 0.6) is 0 Å². The van der Waals surface area contributed by atoms with Crippen molar-refractivity contribution in [2.75, 3.05) is 18.4 Å². The lowest BCUT2D eigenvalue weighted by molar-refractivity contribution is -0.136. The lowest BCUT2D eigenvalue weighted by atomic mass is 10.1. The monoisotopic (exact) mass is 348 g/mol. The van der Waals surface area contributed by atoms with Crippen LogP contribution in [0.2, 0.25) is 0 Å². The first kappa shape index (κ1) is 16.3. The molecule has 4 rings (SSSR count). The summed E-state index contributed by atoms with van der Waals surface area (Å²) in [4.78, 5) is 33.9. The summed E-state index contributed by atoms with van der Waals surface area (Å²) in [6, 6.07) is 15.3. The van der Waals surface area contributed by atoms with Crippen LogP contribution in [0.1, 0.15) is 19.3 Å². The fourth-order valence-electron chi connectivity index (χ4n) is 3.27. The Bertz CT molecular complexity index is 930. The number of aromatic amines is 1. The van der Waals surface area contributed by atoms with Gasteiger partial charge in [-0.05, 0) is 37.1 Å². The number of para-hydroxylation sites is 3. The first-order valence-corrected chi connectivity index (χ1v) is 8.82. The minimum Gasteiger partial charge on any atom is -0.338 e. The molecule has 1 saturated heterocycles. The minimum absolute atomic E-state index is 0.0527. The zero-order chi connectivity index (χ0) is 17.9. The number of piperidine rings is 1. The predicted octanol–water partition coefficient (Wildman–Crippen LogP) is 3.18. The molecule has 2 aromatic carbocycles. The van der Waals surface area contributed by atoms with E-state index in [0.29, 0.717) is 24.5 Å². The van der Waals surface area contributed by atoms with Crippen molar-refractivity contribution in [3.8, 4) is 11.4 Å². The summed E-state index contributed by atoms with van der Waals surface area (Å²) >= 11 is 0. The second-order valence-corrected chi connectivity index (χ2v) is 6.47. The molecule has 0 atom stereocenters. The number of imidazole rings is 1. The van der Waals surface area contributed by atoms with Gasteiger partial charge in [0.1, 0.15) is 5.82 Å². The highest BCUT2D eigenvalue weighted by Crippen LogP contribution is 2.27. The number of anilines is 1. The van der Waals surface area contributed by atoms with Crippen LogP contribution in [0.4, 0.5) is 5.69 Å². The number of hydrogen-bond acceptors (Lipinski definition) is 3. The van der Waals surface area contributed by atoms with Crippen LogP contribution in [0, 0.1) is 0 Å². The van der Waals surface area contributed by atoms with E-state index in [9.17, 15) is 9.59 Å². The third kappa shape index (κ3) is 3.31. The smallest absolute Gasteiger partial charge is 0.244 e. The molecule has 0 radical (unpaired) electrons. The Morgan fingerprint density at radius 2 is 1.92 bits per heavy atom. The van der Waals surface area contributed by atoms with Gasteiger partial charge in [-0.1, -0.05) is 24.3 Å². The van der Waals surface area contributed by atoms with Gasteiger partial charge in [0, 0.05) is 18.5 Å². The summed E-state index contributed by atoms with van der Waals surface area (Å²) in [5, 5.41) is 2.93. The summed E-state index contributed by atoms with van der Waals surface area (Å²) in [5.41, 5.74) is 3.33. The molecule has 0 aliphatic carbocycles. The summed E-state index contributed by atoms with van der Waals surface area (Å²) in [6.07, 6.45) is 2.39. The molecule has 2 amide bonds. The first-order chi connectivity index (χ1) is 12.7. The van der Waals surface area contributed by atoms with E-state index in [1.807, 2.05) is 48.5 Å². The number of aromatic nitrogens is 2. The third-order valence-corrected chi connectivity index (χ3v) is 4.60. The molecule has 1 fully saturated rings. The molecule has 1 aliphatic heterocycles. The fraction of sp³-hybridized carbons (Fsp3) is 0.250. The number of fused-ring (bicyclic) bond motifs is 1. The number of amides is 2. The van der Waals surface area contributed by atoms with Crippen molar-refractivity contribution in [1.82, 2.24) is 14.9 Å². The number of H-pyrrole nitrogens is 1. The molecule has 3 aromatic rings. The number of carbonyl (C=O) groups is 2. The number of benzene rings is 2. The van der Waals surface area contributed by atoms with Crippen LogP contribution < -0.4 is 5.32 Å². The molecule has 2 heterocycles. The Labute approximate surface area is 151 Å². The second-order valence-electron chi connectivity index (χ2n) is 6.47. The Morgan fingerprint density at radius 1 is 1.12 bits per heavy atom. The number of carbonyl (C=O) groups excluding carboxylic acids is 2. The van der Waals surface area contributed by atoms with Crippen LogP contribution in [0.3, 0.4) is 0 Å². The largest absolute Gasteiger partial charge is 0.338 e. The number of nitrogens with one attached hydrogen (secondary N) is 2. The van der Waals surface area contributed by atoms with Gasteiger partial charge >= 0.3 is 0 Å². The van der Waals surface area contributed by atoms with Crippen LogP contribution in [-0.4, -0.2) is 39.8 Å². The van der Waals surface area contributed by atoms with Crippen molar-refractivity contribution >= 4 is 28.5 Å². The predicted molar refractivity (Wildman–Crippen MR) is 101 cm³/mol. The summed E-state index contributed by atoms with van der Waals surface area (Å²) in [5.74, 6) is 0.567. The van der Waals surface area contributed by atoms with Crippen LogP contribution >= 0.6 is 0 Å². The molecule has 2 N–H and O–H groups in total. The van der Waals surface area contributed by atoms with Gasteiger partial charge < -0.3 is 15.2 Å². The van der Waals surface area contributed by atoms with Crippen molar-refractivity contribution in [3.63, 3.8) is 0 Å². The van der Waals surface area contributed by atoms with E-state index in [4.69, 9.17) is 0 Å². The van der Waals surface area contributed by atoms with Gasteiger partial charge in [0.15, 0.2) is 0 Å². The lowest BCUT2D eigenvalue weighted by Crippen LogP contribution is -2.40. The summed E-state index contributed by atoms with van der Waals surface area (Å²) < 4.78 is 0. The van der Waals surface area contributed by atoms with E-state index >= 15 is 0 Å². The molecule has 6 nitrogen and oxygen atoms in total. The Morgan fingerprint density at radius 3 is 2.77 bits per heavy atom. The standard InChI is InChI=1S/C20H20N4O2/c25-18(13-24-12-6-5-11-19(24)26)21-15-8-2-1-7-14(15)20-22-16-9-3-4-10-17(16)23-20/h1-4,7-10H,5-6,11-13H2,(H,21,25)(H,22,23). The van der Waals surface area contributed by atoms with Crippen molar-refractivity contribution < 1.29 is 9.59 Å². The van der Waals surface area contributed by atoms with Gasteiger partial charge in [-0.2, -0.15) is 0 Å². The highest BCUT2D eigenvalue weighted by Gasteiger charge is 2.21. The van der Waals surface area contributed by atoms with Gasteiger partial charge in [-0.15, -0.1) is 0 Å². The minimum atomic E-state index is -0.191. The third-order valence-electron chi connectivity index (χ3n) is 4.60. The number of nitrogens with zero attached hydrogens (tertiary/aromatic N) is 2. The average Bonchev–Trinajstić information content (AvgIpc) is 3.08. The quantitative estimate of drug-likeness (QED) is 0.760. The van der Waals surface area contributed by atoms with E-state index in [1.54, 1.807) is 4.90 Å².